The Morgan fingerprint density at radius 3 is 2.54 bits per heavy atom. The van der Waals surface area contributed by atoms with E-state index in [1.54, 1.807) is 29.6 Å². The molecule has 2 N–H and O–H groups in total. The maximum Gasteiger partial charge on any atom is 0.243 e. The zero-order valence-electron chi connectivity index (χ0n) is 16.7. The van der Waals surface area contributed by atoms with Gasteiger partial charge in [0.2, 0.25) is 10.0 Å². The second kappa shape index (κ2) is 9.41. The predicted molar refractivity (Wildman–Crippen MR) is 116 cm³/mol. The van der Waals surface area contributed by atoms with Crippen molar-refractivity contribution in [3.8, 4) is 5.75 Å². The van der Waals surface area contributed by atoms with Crippen LogP contribution >= 0.6 is 12.2 Å². The summed E-state index contributed by atoms with van der Waals surface area (Å²) in [5.41, 5.74) is 0.571. The Kier molecular flexibility index (Phi) is 7.17. The molecule has 2 atom stereocenters. The Hall–Kier alpha value is -1.38. The molecule has 0 aromatic heterocycles. The first-order chi connectivity index (χ1) is 13.4. The molecular formula is C20H31N3O3S2. The van der Waals surface area contributed by atoms with Crippen molar-refractivity contribution >= 4 is 33.0 Å². The quantitative estimate of drug-likeness (QED) is 0.701. The van der Waals surface area contributed by atoms with Crippen LogP contribution in [0.1, 0.15) is 51.9 Å². The molecule has 1 heterocycles. The van der Waals surface area contributed by atoms with Gasteiger partial charge in [0.25, 0.3) is 0 Å². The predicted octanol–water partition coefficient (Wildman–Crippen LogP) is 3.73. The summed E-state index contributed by atoms with van der Waals surface area (Å²) in [5.74, 6) is 1.14. The molecule has 1 saturated carbocycles. The van der Waals surface area contributed by atoms with Crippen molar-refractivity contribution in [3.05, 3.63) is 18.2 Å². The second-order valence-electron chi connectivity index (χ2n) is 7.79. The van der Waals surface area contributed by atoms with Gasteiger partial charge < -0.3 is 15.4 Å². The Bertz CT molecular complexity index is 792. The Labute approximate surface area is 174 Å². The summed E-state index contributed by atoms with van der Waals surface area (Å²) >= 11 is 5.50. The third kappa shape index (κ3) is 4.96. The molecule has 1 aliphatic carbocycles. The van der Waals surface area contributed by atoms with E-state index in [-0.39, 0.29) is 4.90 Å². The van der Waals surface area contributed by atoms with Crippen LogP contribution in [0.5, 0.6) is 5.75 Å². The molecule has 156 valence electrons. The number of thiocarbonyl (C=S) groups is 1. The minimum Gasteiger partial charge on any atom is -0.495 e. The standard InChI is InChI=1S/C20H31N3O3S2/c1-15-8-4-5-9-17(15)21-20(27)22-18-14-16(10-11-19(18)26-2)28(24,25)23-12-6-3-7-13-23/h10-11,14-15,17H,3-9,12-13H2,1-2H3,(H2,21,22,27)/t15-,17-/m0/s1. The van der Waals surface area contributed by atoms with E-state index in [1.165, 1.54) is 19.3 Å². The number of sulfonamides is 1. The average molecular weight is 426 g/mol. The molecule has 0 spiro atoms. The van der Waals surface area contributed by atoms with Gasteiger partial charge in [-0.25, -0.2) is 8.42 Å². The lowest BCUT2D eigenvalue weighted by atomic mass is 9.86. The number of anilines is 1. The fourth-order valence-electron chi connectivity index (χ4n) is 4.06. The molecule has 1 aromatic carbocycles. The fourth-order valence-corrected chi connectivity index (χ4v) is 5.86. The largest absolute Gasteiger partial charge is 0.495 e. The number of hydrogen-bond donors (Lipinski definition) is 2. The molecule has 28 heavy (non-hydrogen) atoms. The summed E-state index contributed by atoms with van der Waals surface area (Å²) in [4.78, 5) is 0.270. The summed E-state index contributed by atoms with van der Waals surface area (Å²) in [6.45, 7) is 3.40. The van der Waals surface area contributed by atoms with Crippen molar-refractivity contribution in [2.45, 2.75) is 62.8 Å². The van der Waals surface area contributed by atoms with Crippen molar-refractivity contribution in [1.29, 1.82) is 0 Å². The summed E-state index contributed by atoms with van der Waals surface area (Å²) < 4.78 is 33.0. The highest BCUT2D eigenvalue weighted by atomic mass is 32.2. The molecule has 2 fully saturated rings. The van der Waals surface area contributed by atoms with E-state index in [0.717, 1.165) is 25.7 Å². The van der Waals surface area contributed by atoms with E-state index in [1.807, 2.05) is 0 Å². The van der Waals surface area contributed by atoms with Crippen molar-refractivity contribution in [1.82, 2.24) is 9.62 Å². The van der Waals surface area contributed by atoms with Crippen LogP contribution in [-0.2, 0) is 10.0 Å². The zero-order valence-corrected chi connectivity index (χ0v) is 18.4. The maximum absolute atomic E-state index is 13.0. The lowest BCUT2D eigenvalue weighted by Gasteiger charge is -2.30. The molecule has 1 aliphatic heterocycles. The van der Waals surface area contributed by atoms with Crippen LogP contribution in [0.2, 0.25) is 0 Å². The molecule has 6 nitrogen and oxygen atoms in total. The van der Waals surface area contributed by atoms with E-state index in [2.05, 4.69) is 17.6 Å². The average Bonchev–Trinajstić information content (AvgIpc) is 2.70. The molecule has 8 heteroatoms. The molecule has 0 unspecified atom stereocenters. The van der Waals surface area contributed by atoms with Crippen LogP contribution in [0.3, 0.4) is 0 Å². The normalized spacial score (nSPS) is 23.8. The van der Waals surface area contributed by atoms with Crippen molar-refractivity contribution in [2.24, 2.45) is 5.92 Å². The van der Waals surface area contributed by atoms with Gasteiger partial charge in [0.05, 0.1) is 17.7 Å². The molecular weight excluding hydrogens is 394 g/mol. The first-order valence-electron chi connectivity index (χ1n) is 10.2. The minimum atomic E-state index is -3.51. The highest BCUT2D eigenvalue weighted by Crippen LogP contribution is 2.30. The van der Waals surface area contributed by atoms with Crippen molar-refractivity contribution in [2.75, 3.05) is 25.5 Å². The number of hydrogen-bond acceptors (Lipinski definition) is 4. The van der Waals surface area contributed by atoms with E-state index < -0.39 is 10.0 Å². The third-order valence-corrected chi connectivity index (χ3v) is 7.91. The fraction of sp³-hybridized carbons (Fsp3) is 0.650. The number of piperidine rings is 1. The second-order valence-corrected chi connectivity index (χ2v) is 10.1. The van der Waals surface area contributed by atoms with Crippen molar-refractivity contribution < 1.29 is 13.2 Å². The summed E-state index contributed by atoms with van der Waals surface area (Å²) in [5, 5.41) is 7.06. The molecule has 0 amide bonds. The number of ether oxygens (including phenoxy) is 1. The van der Waals surface area contributed by atoms with Crippen LogP contribution in [0.15, 0.2) is 23.1 Å². The van der Waals surface area contributed by atoms with E-state index >= 15 is 0 Å². The first-order valence-corrected chi connectivity index (χ1v) is 12.0. The number of nitrogens with zero attached hydrogens (tertiary/aromatic N) is 1. The van der Waals surface area contributed by atoms with Crippen LogP contribution in [0.4, 0.5) is 5.69 Å². The van der Waals surface area contributed by atoms with Crippen LogP contribution in [-0.4, -0.2) is 44.1 Å². The lowest BCUT2D eigenvalue weighted by molar-refractivity contribution is 0.309. The molecule has 2 aliphatic rings. The van der Waals surface area contributed by atoms with Crippen LogP contribution in [0, 0.1) is 5.92 Å². The van der Waals surface area contributed by atoms with Gasteiger partial charge in [-0.05, 0) is 62.0 Å². The van der Waals surface area contributed by atoms with E-state index in [9.17, 15) is 8.42 Å². The third-order valence-electron chi connectivity index (χ3n) is 5.80. The number of benzene rings is 1. The highest BCUT2D eigenvalue weighted by molar-refractivity contribution is 7.89. The van der Waals surface area contributed by atoms with Gasteiger partial charge >= 0.3 is 0 Å². The summed E-state index contributed by atoms with van der Waals surface area (Å²) in [7, 11) is -1.94. The molecule has 1 aromatic rings. The van der Waals surface area contributed by atoms with Crippen molar-refractivity contribution in [3.63, 3.8) is 0 Å². The molecule has 0 bridgehead atoms. The van der Waals surface area contributed by atoms with Gasteiger partial charge in [0, 0.05) is 19.1 Å². The van der Waals surface area contributed by atoms with Gasteiger partial charge in [-0.2, -0.15) is 4.31 Å². The Morgan fingerprint density at radius 1 is 1.14 bits per heavy atom. The lowest BCUT2D eigenvalue weighted by Crippen LogP contribution is -2.43. The first kappa shape index (κ1) is 21.3. The van der Waals surface area contributed by atoms with E-state index in [0.29, 0.717) is 41.6 Å². The summed E-state index contributed by atoms with van der Waals surface area (Å²) in [6, 6.07) is 5.26. The molecule has 3 rings (SSSR count). The zero-order chi connectivity index (χ0) is 20.1. The van der Waals surface area contributed by atoms with Gasteiger partial charge in [0.1, 0.15) is 5.75 Å². The number of nitrogens with one attached hydrogen (secondary N) is 2. The van der Waals surface area contributed by atoms with E-state index in [4.69, 9.17) is 17.0 Å². The Balaban J connectivity index is 1.76. The molecule has 1 saturated heterocycles. The maximum atomic E-state index is 13.0. The van der Waals surface area contributed by atoms with Gasteiger partial charge in [-0.3, -0.25) is 0 Å². The SMILES string of the molecule is COc1ccc(S(=O)(=O)N2CCCCC2)cc1NC(=S)N[C@H]1CCCC[C@@H]1C. The highest BCUT2D eigenvalue weighted by Gasteiger charge is 2.27. The van der Waals surface area contributed by atoms with Crippen LogP contribution < -0.4 is 15.4 Å². The van der Waals surface area contributed by atoms with Gasteiger partial charge in [0.15, 0.2) is 5.11 Å². The number of methoxy groups -OCH3 is 1. The van der Waals surface area contributed by atoms with Gasteiger partial charge in [-0.1, -0.05) is 26.2 Å². The topological polar surface area (TPSA) is 70.7 Å². The number of rotatable bonds is 5. The molecule has 0 radical (unpaired) electrons. The smallest absolute Gasteiger partial charge is 0.243 e. The monoisotopic (exact) mass is 425 g/mol. The van der Waals surface area contributed by atoms with Crippen LogP contribution in [0.25, 0.3) is 0 Å². The summed E-state index contributed by atoms with van der Waals surface area (Å²) in [6.07, 6.45) is 7.68. The minimum absolute atomic E-state index is 0.270. The van der Waals surface area contributed by atoms with Gasteiger partial charge in [-0.15, -0.1) is 0 Å². The Morgan fingerprint density at radius 2 is 1.86 bits per heavy atom.